The molecule has 0 N–H and O–H groups in total. The van der Waals surface area contributed by atoms with Gasteiger partial charge >= 0.3 is 0 Å². The zero-order chi connectivity index (χ0) is 12.6. The van der Waals surface area contributed by atoms with E-state index in [0.717, 1.165) is 5.69 Å². The highest BCUT2D eigenvalue weighted by atomic mass is 35.6. The smallest absolute Gasteiger partial charge is 0.220 e. The van der Waals surface area contributed by atoms with Gasteiger partial charge in [0.2, 0.25) is 3.79 Å². The van der Waals surface area contributed by atoms with Crippen LogP contribution in [0.1, 0.15) is 5.69 Å². The van der Waals surface area contributed by atoms with Crippen molar-refractivity contribution in [2.24, 2.45) is 0 Å². The van der Waals surface area contributed by atoms with Crippen molar-refractivity contribution in [3.63, 3.8) is 0 Å². The second-order valence-corrected chi connectivity index (χ2v) is 6.22. The van der Waals surface area contributed by atoms with Crippen LogP contribution in [0.2, 0.25) is 10.2 Å². The average Bonchev–Trinajstić information content (AvgIpc) is 2.57. The largest absolute Gasteiger partial charge is 0.235 e. The summed E-state index contributed by atoms with van der Waals surface area (Å²) >= 11 is 29.3. The molecule has 90 valence electrons. The number of alkyl halides is 3. The van der Waals surface area contributed by atoms with Crippen LogP contribution in [0, 0.1) is 0 Å². The first-order chi connectivity index (χ1) is 7.91. The minimum atomic E-state index is -1.71. The molecule has 2 nitrogen and oxygen atoms in total. The minimum absolute atomic E-state index is 0.109. The number of para-hydroxylation sites is 1. The van der Waals surface area contributed by atoms with Gasteiger partial charge in [0.15, 0.2) is 5.15 Å². The van der Waals surface area contributed by atoms with E-state index in [1.165, 1.54) is 4.68 Å². The predicted molar refractivity (Wildman–Crippen MR) is 72.8 cm³/mol. The lowest BCUT2D eigenvalue weighted by Crippen LogP contribution is -2.04. The molecule has 0 aliphatic rings. The SMILES string of the molecule is Clc1c(C(Cl)(Cl)Cl)nn(-c2ccccc2)c1Cl. The second kappa shape index (κ2) is 4.87. The highest BCUT2D eigenvalue weighted by molar-refractivity contribution is 6.67. The maximum atomic E-state index is 6.05. The first kappa shape index (κ1) is 13.3. The summed E-state index contributed by atoms with van der Waals surface area (Å²) in [4.78, 5) is 0. The third kappa shape index (κ3) is 2.67. The number of nitrogens with zero attached hydrogens (tertiary/aromatic N) is 2. The Balaban J connectivity index is 2.59. The van der Waals surface area contributed by atoms with Crippen LogP contribution in [0.3, 0.4) is 0 Å². The fourth-order valence-corrected chi connectivity index (χ4v) is 2.33. The molecule has 1 aromatic carbocycles. The Morgan fingerprint density at radius 3 is 2.06 bits per heavy atom. The summed E-state index contributed by atoms with van der Waals surface area (Å²) in [7, 11) is 0. The summed E-state index contributed by atoms with van der Waals surface area (Å²) in [5.41, 5.74) is 0.845. The lowest BCUT2D eigenvalue weighted by Gasteiger charge is -2.06. The Bertz CT molecular complexity index is 530. The third-order valence-corrected chi connectivity index (χ3v) is 3.39. The fourth-order valence-electron chi connectivity index (χ4n) is 1.30. The van der Waals surface area contributed by atoms with Gasteiger partial charge in [0.1, 0.15) is 10.7 Å². The van der Waals surface area contributed by atoms with E-state index in [0.29, 0.717) is 0 Å². The maximum Gasteiger partial charge on any atom is 0.235 e. The van der Waals surface area contributed by atoms with Crippen LogP contribution in [0.4, 0.5) is 0 Å². The van der Waals surface area contributed by atoms with Crippen molar-refractivity contribution in [2.45, 2.75) is 3.79 Å². The van der Waals surface area contributed by atoms with Crippen molar-refractivity contribution in [3.8, 4) is 5.69 Å². The number of hydrogen-bond donors (Lipinski definition) is 0. The predicted octanol–water partition coefficient (Wildman–Crippen LogP) is 5.01. The molecule has 0 aliphatic carbocycles. The third-order valence-electron chi connectivity index (χ3n) is 2.04. The van der Waals surface area contributed by atoms with Crippen LogP contribution in [0.15, 0.2) is 30.3 Å². The van der Waals surface area contributed by atoms with Gasteiger partial charge in [-0.15, -0.1) is 0 Å². The van der Waals surface area contributed by atoms with Crippen molar-refractivity contribution in [1.82, 2.24) is 9.78 Å². The molecule has 7 heteroatoms. The number of benzene rings is 1. The molecule has 0 bridgehead atoms. The van der Waals surface area contributed by atoms with Crippen molar-refractivity contribution in [1.29, 1.82) is 0 Å². The molecule has 0 saturated carbocycles. The Labute approximate surface area is 123 Å². The van der Waals surface area contributed by atoms with Crippen LogP contribution in [0.5, 0.6) is 0 Å². The lowest BCUT2D eigenvalue weighted by molar-refractivity contribution is 0.847. The highest BCUT2D eigenvalue weighted by Crippen LogP contribution is 2.43. The summed E-state index contributed by atoms with van der Waals surface area (Å²) in [5.74, 6) is 0. The van der Waals surface area contributed by atoms with Gasteiger partial charge in [-0.1, -0.05) is 76.2 Å². The standard InChI is InChI=1S/C10H5Cl5N2/c11-7-8(10(13,14)15)16-17(9(7)12)6-4-2-1-3-5-6/h1-5H. The van der Waals surface area contributed by atoms with Crippen LogP contribution < -0.4 is 0 Å². The molecule has 0 spiro atoms. The average molecular weight is 330 g/mol. The molecule has 0 fully saturated rings. The minimum Gasteiger partial charge on any atom is -0.220 e. The van der Waals surface area contributed by atoms with E-state index in [9.17, 15) is 0 Å². The van der Waals surface area contributed by atoms with Crippen molar-refractivity contribution in [3.05, 3.63) is 46.2 Å². The van der Waals surface area contributed by atoms with Crippen molar-refractivity contribution < 1.29 is 0 Å². The van der Waals surface area contributed by atoms with Crippen molar-refractivity contribution >= 4 is 58.0 Å². The fraction of sp³-hybridized carbons (Fsp3) is 0.100. The maximum absolute atomic E-state index is 6.05. The van der Waals surface area contributed by atoms with E-state index in [1.807, 2.05) is 30.3 Å². The Morgan fingerprint density at radius 2 is 1.59 bits per heavy atom. The van der Waals surface area contributed by atoms with Gasteiger partial charge < -0.3 is 0 Å². The van der Waals surface area contributed by atoms with E-state index in [-0.39, 0.29) is 15.9 Å². The van der Waals surface area contributed by atoms with Crippen LogP contribution >= 0.6 is 58.0 Å². The molecule has 1 aromatic heterocycles. The Kier molecular flexibility index (Phi) is 3.81. The molecule has 1 heterocycles. The van der Waals surface area contributed by atoms with Gasteiger partial charge in [0, 0.05) is 0 Å². The summed E-state index contributed by atoms with van der Waals surface area (Å²) in [6, 6.07) is 9.19. The summed E-state index contributed by atoms with van der Waals surface area (Å²) in [6.07, 6.45) is 0. The number of aromatic nitrogens is 2. The zero-order valence-electron chi connectivity index (χ0n) is 8.17. The summed E-state index contributed by atoms with van der Waals surface area (Å²) in [6.45, 7) is 0. The normalized spacial score (nSPS) is 11.8. The monoisotopic (exact) mass is 328 g/mol. The van der Waals surface area contributed by atoms with E-state index in [4.69, 9.17) is 58.0 Å². The van der Waals surface area contributed by atoms with Crippen LogP contribution in [-0.4, -0.2) is 9.78 Å². The second-order valence-electron chi connectivity index (χ2n) is 3.20. The first-order valence-electron chi connectivity index (χ1n) is 4.48. The summed E-state index contributed by atoms with van der Waals surface area (Å²) < 4.78 is -0.290. The van der Waals surface area contributed by atoms with E-state index in [2.05, 4.69) is 5.10 Å². The molecule has 0 atom stereocenters. The van der Waals surface area contributed by atoms with Crippen molar-refractivity contribution in [2.75, 3.05) is 0 Å². The molecular formula is C10H5Cl5N2. The molecule has 0 unspecified atom stereocenters. The molecule has 2 rings (SSSR count). The highest BCUT2D eigenvalue weighted by Gasteiger charge is 2.32. The van der Waals surface area contributed by atoms with Crippen LogP contribution in [0.25, 0.3) is 5.69 Å². The van der Waals surface area contributed by atoms with Gasteiger partial charge in [-0.3, -0.25) is 0 Å². The molecular weight excluding hydrogens is 325 g/mol. The van der Waals surface area contributed by atoms with Crippen LogP contribution in [-0.2, 0) is 3.79 Å². The molecule has 2 aromatic rings. The van der Waals surface area contributed by atoms with E-state index >= 15 is 0 Å². The molecule has 0 aliphatic heterocycles. The quantitative estimate of drug-likeness (QED) is 0.672. The Morgan fingerprint density at radius 1 is 1.00 bits per heavy atom. The van der Waals surface area contributed by atoms with Gasteiger partial charge in [-0.25, -0.2) is 4.68 Å². The number of rotatable bonds is 1. The zero-order valence-corrected chi connectivity index (χ0v) is 12.0. The van der Waals surface area contributed by atoms with Gasteiger partial charge in [0.25, 0.3) is 0 Å². The van der Waals surface area contributed by atoms with E-state index in [1.54, 1.807) is 0 Å². The van der Waals surface area contributed by atoms with Gasteiger partial charge in [0.05, 0.1) is 5.69 Å². The molecule has 0 radical (unpaired) electrons. The van der Waals surface area contributed by atoms with Gasteiger partial charge in [-0.2, -0.15) is 5.10 Å². The number of hydrogen-bond acceptors (Lipinski definition) is 1. The first-order valence-corrected chi connectivity index (χ1v) is 6.37. The number of halogens is 5. The van der Waals surface area contributed by atoms with E-state index < -0.39 is 3.79 Å². The molecule has 17 heavy (non-hydrogen) atoms. The Hall–Kier alpha value is -0.120. The lowest BCUT2D eigenvalue weighted by atomic mass is 10.3. The molecule has 0 amide bonds. The molecule has 0 saturated heterocycles. The topological polar surface area (TPSA) is 17.8 Å². The van der Waals surface area contributed by atoms with Gasteiger partial charge in [-0.05, 0) is 12.1 Å². The summed E-state index contributed by atoms with van der Waals surface area (Å²) in [5, 5.41) is 4.45.